The number of ether oxygens (including phenoxy) is 4. The van der Waals surface area contributed by atoms with Crippen molar-refractivity contribution in [3.05, 3.63) is 47.0 Å². The summed E-state index contributed by atoms with van der Waals surface area (Å²) in [5.41, 5.74) is 0.715. The number of anilines is 1. The minimum Gasteiger partial charge on any atom is -0.497 e. The van der Waals surface area contributed by atoms with E-state index in [4.69, 9.17) is 30.5 Å². The first kappa shape index (κ1) is 25.3. The van der Waals surface area contributed by atoms with Gasteiger partial charge in [-0.3, -0.25) is 9.59 Å². The van der Waals surface area contributed by atoms with Gasteiger partial charge in [-0.2, -0.15) is 0 Å². The van der Waals surface area contributed by atoms with Gasteiger partial charge in [0.2, 0.25) is 5.91 Å². The summed E-state index contributed by atoms with van der Waals surface area (Å²) in [4.78, 5) is 25.9. The fraction of sp³-hybridized carbons (Fsp3) is 0.391. The number of hydrogen-bond donors (Lipinski definition) is 2. The molecule has 0 saturated carbocycles. The number of hydrogen-bond acceptors (Lipinski definition) is 6. The maximum Gasteiger partial charge on any atom is 0.252 e. The molecule has 32 heavy (non-hydrogen) atoms. The largest absolute Gasteiger partial charge is 0.497 e. The molecule has 1 unspecified atom stereocenters. The Morgan fingerprint density at radius 3 is 2.22 bits per heavy atom. The number of halogens is 1. The minimum atomic E-state index is -0.814. The van der Waals surface area contributed by atoms with Crippen LogP contribution in [-0.2, 0) is 9.53 Å². The second kappa shape index (κ2) is 12.2. The van der Waals surface area contributed by atoms with E-state index in [0.717, 1.165) is 0 Å². The third-order valence-electron chi connectivity index (χ3n) is 4.61. The van der Waals surface area contributed by atoms with Crippen molar-refractivity contribution in [3.8, 4) is 17.2 Å². The quantitative estimate of drug-likeness (QED) is 0.491. The lowest BCUT2D eigenvalue weighted by atomic mass is 10.0. The third kappa shape index (κ3) is 6.77. The van der Waals surface area contributed by atoms with Gasteiger partial charge in [-0.05, 0) is 30.2 Å². The van der Waals surface area contributed by atoms with Crippen molar-refractivity contribution >= 4 is 29.1 Å². The summed E-state index contributed by atoms with van der Waals surface area (Å²) in [6.07, 6.45) is 0. The zero-order chi connectivity index (χ0) is 23.7. The molecule has 174 valence electrons. The van der Waals surface area contributed by atoms with Gasteiger partial charge in [0.1, 0.15) is 24.1 Å². The van der Waals surface area contributed by atoms with Crippen molar-refractivity contribution in [2.75, 3.05) is 39.9 Å². The van der Waals surface area contributed by atoms with Crippen molar-refractivity contribution < 1.29 is 28.5 Å². The first-order valence-corrected chi connectivity index (χ1v) is 10.4. The first-order chi connectivity index (χ1) is 15.3. The van der Waals surface area contributed by atoms with Crippen molar-refractivity contribution in [3.63, 3.8) is 0 Å². The molecule has 2 amide bonds. The lowest BCUT2D eigenvalue weighted by Crippen LogP contribution is -2.47. The molecule has 0 aliphatic heterocycles. The standard InChI is InChI=1S/C23H29ClN2O6/c1-14(2)20(26-22(27)15-11-16(30-4)13-17(12-15)31-5)23(28)25-19-8-6-7-18(24)21(19)32-10-9-29-3/h6-8,11-14,20H,9-10H2,1-5H3,(H,25,28)(H,26,27). The van der Waals surface area contributed by atoms with E-state index in [9.17, 15) is 9.59 Å². The van der Waals surface area contributed by atoms with E-state index in [1.807, 2.05) is 13.8 Å². The van der Waals surface area contributed by atoms with Crippen LogP contribution >= 0.6 is 11.6 Å². The Balaban J connectivity index is 2.21. The van der Waals surface area contributed by atoms with Gasteiger partial charge in [0, 0.05) is 18.7 Å². The Kier molecular flexibility index (Phi) is 9.61. The van der Waals surface area contributed by atoms with E-state index in [2.05, 4.69) is 10.6 Å². The Hall–Kier alpha value is -2.97. The Bertz CT molecular complexity index is 912. The van der Waals surface area contributed by atoms with Crippen LogP contribution in [0.3, 0.4) is 0 Å². The highest BCUT2D eigenvalue weighted by atomic mass is 35.5. The molecule has 2 aromatic rings. The lowest BCUT2D eigenvalue weighted by Gasteiger charge is -2.23. The van der Waals surface area contributed by atoms with Crippen LogP contribution < -0.4 is 24.8 Å². The van der Waals surface area contributed by atoms with Gasteiger partial charge >= 0.3 is 0 Å². The summed E-state index contributed by atoms with van der Waals surface area (Å²) in [5, 5.41) is 5.95. The van der Waals surface area contributed by atoms with Crippen molar-refractivity contribution in [1.82, 2.24) is 5.32 Å². The number of nitrogens with one attached hydrogen (secondary N) is 2. The Morgan fingerprint density at radius 1 is 1.00 bits per heavy atom. The smallest absolute Gasteiger partial charge is 0.252 e. The molecule has 2 rings (SSSR count). The van der Waals surface area contributed by atoms with E-state index < -0.39 is 17.9 Å². The molecule has 0 fully saturated rings. The van der Waals surface area contributed by atoms with Crippen LogP contribution in [0, 0.1) is 5.92 Å². The second-order valence-corrected chi connectivity index (χ2v) is 7.65. The molecule has 0 bridgehead atoms. The number of methoxy groups -OCH3 is 3. The number of rotatable bonds is 11. The zero-order valence-electron chi connectivity index (χ0n) is 18.9. The van der Waals surface area contributed by atoms with Crippen LogP contribution in [0.25, 0.3) is 0 Å². The molecule has 0 aromatic heterocycles. The Morgan fingerprint density at radius 2 is 1.66 bits per heavy atom. The van der Waals surface area contributed by atoms with Gasteiger partial charge in [0.05, 0.1) is 31.5 Å². The summed E-state index contributed by atoms with van der Waals surface area (Å²) < 4.78 is 21.1. The normalized spacial score (nSPS) is 11.6. The van der Waals surface area contributed by atoms with Crippen LogP contribution in [0.4, 0.5) is 5.69 Å². The van der Waals surface area contributed by atoms with E-state index >= 15 is 0 Å². The van der Waals surface area contributed by atoms with E-state index in [-0.39, 0.29) is 12.5 Å². The summed E-state index contributed by atoms with van der Waals surface area (Å²) >= 11 is 6.24. The summed E-state index contributed by atoms with van der Waals surface area (Å²) in [7, 11) is 4.56. The van der Waals surface area contributed by atoms with Crippen molar-refractivity contribution in [2.45, 2.75) is 19.9 Å². The highest BCUT2D eigenvalue weighted by Crippen LogP contribution is 2.33. The molecule has 2 aromatic carbocycles. The molecule has 9 heteroatoms. The highest BCUT2D eigenvalue weighted by Gasteiger charge is 2.26. The topological polar surface area (TPSA) is 95.1 Å². The molecule has 2 N–H and O–H groups in total. The van der Waals surface area contributed by atoms with Gasteiger partial charge < -0.3 is 29.6 Å². The second-order valence-electron chi connectivity index (χ2n) is 7.24. The zero-order valence-corrected chi connectivity index (χ0v) is 19.6. The molecule has 8 nitrogen and oxygen atoms in total. The lowest BCUT2D eigenvalue weighted by molar-refractivity contribution is -0.118. The van der Waals surface area contributed by atoms with Crippen molar-refractivity contribution in [2.24, 2.45) is 5.92 Å². The van der Waals surface area contributed by atoms with Gasteiger partial charge in [0.15, 0.2) is 5.75 Å². The van der Waals surface area contributed by atoms with Gasteiger partial charge in [0.25, 0.3) is 5.91 Å². The average Bonchev–Trinajstić information content (AvgIpc) is 2.78. The minimum absolute atomic E-state index is 0.191. The van der Waals surface area contributed by atoms with Crippen LogP contribution in [0.2, 0.25) is 5.02 Å². The monoisotopic (exact) mass is 464 g/mol. The average molecular weight is 465 g/mol. The van der Waals surface area contributed by atoms with Crippen molar-refractivity contribution in [1.29, 1.82) is 0 Å². The fourth-order valence-corrected chi connectivity index (χ4v) is 3.12. The van der Waals surface area contributed by atoms with E-state index in [1.165, 1.54) is 14.2 Å². The predicted octanol–water partition coefficient (Wildman–Crippen LogP) is 3.78. The molecule has 1 atom stereocenters. The van der Waals surface area contributed by atoms with Gasteiger partial charge in [-0.25, -0.2) is 0 Å². The first-order valence-electron chi connectivity index (χ1n) is 10.1. The number of para-hydroxylation sites is 1. The third-order valence-corrected chi connectivity index (χ3v) is 4.91. The number of amides is 2. The molecule has 0 radical (unpaired) electrons. The molecule has 0 aliphatic carbocycles. The summed E-state index contributed by atoms with van der Waals surface area (Å²) in [6.45, 7) is 4.31. The van der Waals surface area contributed by atoms with E-state index in [1.54, 1.807) is 43.5 Å². The van der Waals surface area contributed by atoms with Crippen LogP contribution in [-0.4, -0.2) is 52.4 Å². The molecule has 0 spiro atoms. The SMILES string of the molecule is COCCOc1c(Cl)cccc1NC(=O)C(NC(=O)c1cc(OC)cc(OC)c1)C(C)C. The Labute approximate surface area is 193 Å². The van der Waals surface area contributed by atoms with Gasteiger partial charge in [-0.15, -0.1) is 0 Å². The summed E-state index contributed by atoms with van der Waals surface area (Å²) in [5.74, 6) is 0.254. The number of benzene rings is 2. The molecule has 0 aliphatic rings. The maximum absolute atomic E-state index is 13.1. The summed E-state index contributed by atoms with van der Waals surface area (Å²) in [6, 6.07) is 9.04. The van der Waals surface area contributed by atoms with E-state index in [0.29, 0.717) is 40.1 Å². The number of carbonyl (C=O) groups is 2. The molecule has 0 saturated heterocycles. The molecular formula is C23H29ClN2O6. The van der Waals surface area contributed by atoms with Crippen LogP contribution in [0.5, 0.6) is 17.2 Å². The molecular weight excluding hydrogens is 436 g/mol. The van der Waals surface area contributed by atoms with Crippen LogP contribution in [0.15, 0.2) is 36.4 Å². The maximum atomic E-state index is 13.1. The van der Waals surface area contributed by atoms with Gasteiger partial charge in [-0.1, -0.05) is 31.5 Å². The fourth-order valence-electron chi connectivity index (χ4n) is 2.89. The number of carbonyl (C=O) groups excluding carboxylic acids is 2. The predicted molar refractivity (Wildman–Crippen MR) is 123 cm³/mol. The highest BCUT2D eigenvalue weighted by molar-refractivity contribution is 6.32. The van der Waals surface area contributed by atoms with Crippen LogP contribution in [0.1, 0.15) is 24.2 Å². The molecule has 0 heterocycles.